The number of hydrogen-bond acceptors (Lipinski definition) is 4. The Labute approximate surface area is 147 Å². The van der Waals surface area contributed by atoms with E-state index in [1.54, 1.807) is 18.2 Å². The Kier molecular flexibility index (Phi) is 4.62. The summed E-state index contributed by atoms with van der Waals surface area (Å²) in [6, 6.07) is 16.1. The third kappa shape index (κ3) is 3.03. The average Bonchev–Trinajstić information content (AvgIpc) is 2.62. The predicted octanol–water partition coefficient (Wildman–Crippen LogP) is 4.64. The largest absolute Gasteiger partial charge is 0.493 e. The fourth-order valence-corrected chi connectivity index (χ4v) is 3.00. The van der Waals surface area contributed by atoms with Crippen molar-refractivity contribution in [2.45, 2.75) is 0 Å². The van der Waals surface area contributed by atoms with E-state index in [1.807, 2.05) is 30.3 Å². The van der Waals surface area contributed by atoms with Crippen molar-refractivity contribution < 1.29 is 19.1 Å². The van der Waals surface area contributed by atoms with E-state index in [9.17, 15) is 9.59 Å². The Balaban J connectivity index is 2.02. The van der Waals surface area contributed by atoms with Crippen LogP contribution in [0.15, 0.2) is 59.1 Å². The van der Waals surface area contributed by atoms with Gasteiger partial charge in [-0.25, -0.2) is 4.79 Å². The molecule has 3 aromatic rings. The van der Waals surface area contributed by atoms with E-state index < -0.39 is 5.97 Å². The fourth-order valence-electron chi connectivity index (χ4n) is 2.46. The van der Waals surface area contributed by atoms with Crippen LogP contribution >= 0.6 is 15.9 Å². The zero-order valence-corrected chi connectivity index (χ0v) is 14.4. The summed E-state index contributed by atoms with van der Waals surface area (Å²) in [7, 11) is 1.45. The number of fused-ring (bicyclic) bond motifs is 1. The van der Waals surface area contributed by atoms with E-state index in [1.165, 1.54) is 13.2 Å². The van der Waals surface area contributed by atoms with E-state index in [-0.39, 0.29) is 5.75 Å². The van der Waals surface area contributed by atoms with Crippen molar-refractivity contribution in [2.24, 2.45) is 0 Å². The highest BCUT2D eigenvalue weighted by Crippen LogP contribution is 2.37. The van der Waals surface area contributed by atoms with E-state index in [4.69, 9.17) is 9.47 Å². The van der Waals surface area contributed by atoms with Crippen LogP contribution in [0.25, 0.3) is 10.8 Å². The van der Waals surface area contributed by atoms with Gasteiger partial charge in [0, 0.05) is 5.56 Å². The van der Waals surface area contributed by atoms with Crippen LogP contribution in [0.2, 0.25) is 0 Å². The fraction of sp³-hybridized carbons (Fsp3) is 0.0526. The van der Waals surface area contributed by atoms with Crippen LogP contribution in [0.1, 0.15) is 20.7 Å². The molecule has 0 saturated heterocycles. The van der Waals surface area contributed by atoms with Gasteiger partial charge in [0.1, 0.15) is 6.29 Å². The van der Waals surface area contributed by atoms with E-state index >= 15 is 0 Å². The third-order valence-corrected chi connectivity index (χ3v) is 4.18. The van der Waals surface area contributed by atoms with Gasteiger partial charge in [0.25, 0.3) is 0 Å². The molecule has 3 aromatic carbocycles. The first-order valence-electron chi connectivity index (χ1n) is 7.16. The Hall–Kier alpha value is -2.66. The molecule has 24 heavy (non-hydrogen) atoms. The molecule has 0 saturated carbocycles. The van der Waals surface area contributed by atoms with Crippen LogP contribution in [0.3, 0.4) is 0 Å². The highest BCUT2D eigenvalue weighted by atomic mass is 79.9. The minimum atomic E-state index is -0.496. The highest BCUT2D eigenvalue weighted by Gasteiger charge is 2.18. The van der Waals surface area contributed by atoms with Crippen molar-refractivity contribution in [1.29, 1.82) is 0 Å². The topological polar surface area (TPSA) is 52.6 Å². The Morgan fingerprint density at radius 1 is 1.08 bits per heavy atom. The lowest BCUT2D eigenvalue weighted by Gasteiger charge is -2.12. The molecule has 0 amide bonds. The predicted molar refractivity (Wildman–Crippen MR) is 95.0 cm³/mol. The van der Waals surface area contributed by atoms with Gasteiger partial charge >= 0.3 is 5.97 Å². The van der Waals surface area contributed by atoms with Crippen LogP contribution in [0.4, 0.5) is 0 Å². The molecule has 4 nitrogen and oxygen atoms in total. The number of halogens is 1. The number of esters is 1. The molecule has 0 heterocycles. The molecule has 0 atom stereocenters. The van der Waals surface area contributed by atoms with Crippen molar-refractivity contribution in [1.82, 2.24) is 0 Å². The molecular formula is C19H13BrO4. The molecule has 0 radical (unpaired) electrons. The maximum Gasteiger partial charge on any atom is 0.344 e. The maximum atomic E-state index is 12.6. The van der Waals surface area contributed by atoms with Gasteiger partial charge in [-0.2, -0.15) is 0 Å². The lowest BCUT2D eigenvalue weighted by Crippen LogP contribution is -2.10. The molecule has 0 unspecified atom stereocenters. The average molecular weight is 385 g/mol. The normalized spacial score (nSPS) is 10.4. The number of ether oxygens (including phenoxy) is 2. The van der Waals surface area contributed by atoms with Gasteiger partial charge < -0.3 is 9.47 Å². The SMILES string of the molecule is COc1cc(C=O)cc(Br)c1OC(=O)c1cccc2ccccc12. The number of benzene rings is 3. The number of carbonyl (C=O) groups is 2. The monoisotopic (exact) mass is 384 g/mol. The number of hydrogen-bond donors (Lipinski definition) is 0. The van der Waals surface area contributed by atoms with Crippen LogP contribution < -0.4 is 9.47 Å². The highest BCUT2D eigenvalue weighted by molar-refractivity contribution is 9.10. The molecule has 0 N–H and O–H groups in total. The Bertz CT molecular complexity index is 929. The first-order valence-corrected chi connectivity index (χ1v) is 7.96. The van der Waals surface area contributed by atoms with Crippen LogP contribution in [-0.4, -0.2) is 19.4 Å². The van der Waals surface area contributed by atoms with Gasteiger partial charge in [-0.15, -0.1) is 0 Å². The maximum absolute atomic E-state index is 12.6. The van der Waals surface area contributed by atoms with Crippen LogP contribution in [0, 0.1) is 0 Å². The van der Waals surface area contributed by atoms with Gasteiger partial charge in [0.05, 0.1) is 17.1 Å². The molecule has 0 bridgehead atoms. The third-order valence-electron chi connectivity index (χ3n) is 3.59. The summed E-state index contributed by atoms with van der Waals surface area (Å²) in [6.45, 7) is 0. The van der Waals surface area contributed by atoms with Crippen molar-refractivity contribution in [3.8, 4) is 11.5 Å². The van der Waals surface area contributed by atoms with Crippen LogP contribution in [-0.2, 0) is 0 Å². The second-order valence-corrected chi connectivity index (χ2v) is 5.92. The summed E-state index contributed by atoms with van der Waals surface area (Å²) in [5.74, 6) is 0.0470. The number of methoxy groups -OCH3 is 1. The smallest absolute Gasteiger partial charge is 0.344 e. The summed E-state index contributed by atoms with van der Waals surface area (Å²) < 4.78 is 11.2. The van der Waals surface area contributed by atoms with Gasteiger partial charge in [-0.3, -0.25) is 4.79 Å². The van der Waals surface area contributed by atoms with Gasteiger partial charge in [-0.05, 0) is 44.9 Å². The number of aldehydes is 1. The second-order valence-electron chi connectivity index (χ2n) is 5.07. The molecular weight excluding hydrogens is 372 g/mol. The molecule has 0 aliphatic rings. The van der Waals surface area contributed by atoms with Crippen molar-refractivity contribution in [2.75, 3.05) is 7.11 Å². The van der Waals surface area contributed by atoms with Crippen molar-refractivity contribution >= 4 is 39.0 Å². The minimum absolute atomic E-state index is 0.237. The summed E-state index contributed by atoms with van der Waals surface area (Å²) in [5.41, 5.74) is 0.880. The molecule has 0 aliphatic heterocycles. The first-order chi connectivity index (χ1) is 11.6. The van der Waals surface area contributed by atoms with E-state index in [2.05, 4.69) is 15.9 Å². The lowest BCUT2D eigenvalue weighted by atomic mass is 10.0. The van der Waals surface area contributed by atoms with Gasteiger partial charge in [0.2, 0.25) is 0 Å². The minimum Gasteiger partial charge on any atom is -0.493 e. The molecule has 3 rings (SSSR count). The van der Waals surface area contributed by atoms with Gasteiger partial charge in [0.15, 0.2) is 11.5 Å². The second kappa shape index (κ2) is 6.84. The first kappa shape index (κ1) is 16.2. The lowest BCUT2D eigenvalue weighted by molar-refractivity contribution is 0.0730. The van der Waals surface area contributed by atoms with Crippen LogP contribution in [0.5, 0.6) is 11.5 Å². The summed E-state index contributed by atoms with van der Waals surface area (Å²) in [5, 5.41) is 1.76. The Morgan fingerprint density at radius 3 is 2.58 bits per heavy atom. The standard InChI is InChI=1S/C19H13BrO4/c1-23-17-10-12(11-21)9-16(20)18(17)24-19(22)15-8-4-6-13-5-2-3-7-14(13)15/h2-11H,1H3. The summed E-state index contributed by atoms with van der Waals surface area (Å²) in [6.07, 6.45) is 0.698. The van der Waals surface area contributed by atoms with Crippen molar-refractivity contribution in [3.05, 3.63) is 70.2 Å². The zero-order valence-electron chi connectivity index (χ0n) is 12.8. The summed E-state index contributed by atoms with van der Waals surface area (Å²) >= 11 is 3.31. The molecule has 0 aliphatic carbocycles. The number of rotatable bonds is 4. The summed E-state index contributed by atoms with van der Waals surface area (Å²) in [4.78, 5) is 23.6. The molecule has 0 spiro atoms. The molecule has 0 fully saturated rings. The Morgan fingerprint density at radius 2 is 1.83 bits per heavy atom. The zero-order chi connectivity index (χ0) is 17.1. The van der Waals surface area contributed by atoms with E-state index in [0.717, 1.165) is 10.8 Å². The number of carbonyl (C=O) groups excluding carboxylic acids is 2. The van der Waals surface area contributed by atoms with Crippen molar-refractivity contribution in [3.63, 3.8) is 0 Å². The van der Waals surface area contributed by atoms with E-state index in [0.29, 0.717) is 27.6 Å². The molecule has 5 heteroatoms. The quantitative estimate of drug-likeness (QED) is 0.373. The van der Waals surface area contributed by atoms with Gasteiger partial charge in [-0.1, -0.05) is 36.4 Å². The molecule has 120 valence electrons. The molecule has 0 aromatic heterocycles.